The van der Waals surface area contributed by atoms with Gasteiger partial charge in [-0.25, -0.2) is 0 Å². The van der Waals surface area contributed by atoms with E-state index in [2.05, 4.69) is 20.8 Å². The number of rotatable bonds is 4. The molecule has 0 radical (unpaired) electrons. The second kappa shape index (κ2) is 4.73. The van der Waals surface area contributed by atoms with Crippen LogP contribution in [-0.2, 0) is 4.74 Å². The smallest absolute Gasteiger partial charge is 0.0480 e. The fraction of sp³-hybridized carbons (Fsp3) is 1.00. The molecular formula is C9H21NO. The number of nitrogens with two attached hydrogens (primary N) is 1. The topological polar surface area (TPSA) is 35.2 Å². The lowest BCUT2D eigenvalue weighted by molar-refractivity contribution is 0.126. The summed E-state index contributed by atoms with van der Waals surface area (Å²) >= 11 is 0. The Kier molecular flexibility index (Phi) is 4.69. The summed E-state index contributed by atoms with van der Waals surface area (Å²) in [6, 6.07) is 0.244. The molecule has 0 aliphatic carbocycles. The summed E-state index contributed by atoms with van der Waals surface area (Å²) in [6.07, 6.45) is 0.956. The van der Waals surface area contributed by atoms with Crippen molar-refractivity contribution in [2.24, 2.45) is 11.1 Å². The maximum atomic E-state index is 5.91. The Morgan fingerprint density at radius 3 is 2.27 bits per heavy atom. The van der Waals surface area contributed by atoms with Crippen LogP contribution in [0.5, 0.6) is 0 Å². The van der Waals surface area contributed by atoms with Crippen LogP contribution in [-0.4, -0.2) is 19.3 Å². The van der Waals surface area contributed by atoms with Crippen molar-refractivity contribution >= 4 is 0 Å². The Morgan fingerprint density at radius 1 is 1.36 bits per heavy atom. The van der Waals surface area contributed by atoms with Crippen molar-refractivity contribution in [1.82, 2.24) is 0 Å². The van der Waals surface area contributed by atoms with Gasteiger partial charge in [0.1, 0.15) is 0 Å². The molecular weight excluding hydrogens is 138 g/mol. The van der Waals surface area contributed by atoms with Gasteiger partial charge in [-0.1, -0.05) is 20.8 Å². The van der Waals surface area contributed by atoms with Crippen molar-refractivity contribution < 1.29 is 4.74 Å². The third-order valence-corrected chi connectivity index (χ3v) is 1.89. The first-order chi connectivity index (χ1) is 4.98. The normalized spacial score (nSPS) is 15.0. The molecule has 11 heavy (non-hydrogen) atoms. The van der Waals surface area contributed by atoms with Gasteiger partial charge in [0.05, 0.1) is 0 Å². The third kappa shape index (κ3) is 5.22. The van der Waals surface area contributed by atoms with E-state index in [4.69, 9.17) is 10.5 Å². The van der Waals surface area contributed by atoms with Crippen molar-refractivity contribution in [2.75, 3.05) is 13.2 Å². The lowest BCUT2D eigenvalue weighted by atomic mass is 9.86. The molecule has 68 valence electrons. The monoisotopic (exact) mass is 159 g/mol. The van der Waals surface area contributed by atoms with Crippen LogP contribution in [0.15, 0.2) is 0 Å². The van der Waals surface area contributed by atoms with E-state index in [-0.39, 0.29) is 11.5 Å². The Bertz CT molecular complexity index is 96.2. The van der Waals surface area contributed by atoms with Gasteiger partial charge in [-0.2, -0.15) is 0 Å². The van der Waals surface area contributed by atoms with E-state index in [9.17, 15) is 0 Å². The van der Waals surface area contributed by atoms with E-state index in [1.807, 2.05) is 6.92 Å². The third-order valence-electron chi connectivity index (χ3n) is 1.89. The van der Waals surface area contributed by atoms with E-state index in [1.165, 1.54) is 0 Å². The van der Waals surface area contributed by atoms with Crippen LogP contribution in [0.25, 0.3) is 0 Å². The molecule has 0 bridgehead atoms. The molecule has 0 aliphatic rings. The first-order valence-corrected chi connectivity index (χ1v) is 4.31. The molecule has 0 fully saturated rings. The average molecular weight is 159 g/mol. The summed E-state index contributed by atoms with van der Waals surface area (Å²) < 4.78 is 5.22. The average Bonchev–Trinajstić information content (AvgIpc) is 1.86. The zero-order valence-corrected chi connectivity index (χ0v) is 8.18. The van der Waals surface area contributed by atoms with Crippen molar-refractivity contribution in [3.05, 3.63) is 0 Å². The maximum absolute atomic E-state index is 5.91. The van der Waals surface area contributed by atoms with Crippen LogP contribution in [0.1, 0.15) is 34.1 Å². The summed E-state index contributed by atoms with van der Waals surface area (Å²) in [6.45, 7) is 10.0. The predicted molar refractivity (Wildman–Crippen MR) is 48.5 cm³/mol. The zero-order valence-electron chi connectivity index (χ0n) is 8.18. The van der Waals surface area contributed by atoms with Crippen molar-refractivity contribution in [2.45, 2.75) is 40.2 Å². The molecule has 0 saturated carbocycles. The summed E-state index contributed by atoms with van der Waals surface area (Å²) in [5.74, 6) is 0. The van der Waals surface area contributed by atoms with E-state index in [0.29, 0.717) is 0 Å². The quantitative estimate of drug-likeness (QED) is 0.635. The molecule has 2 nitrogen and oxygen atoms in total. The van der Waals surface area contributed by atoms with Crippen molar-refractivity contribution in [3.63, 3.8) is 0 Å². The van der Waals surface area contributed by atoms with Crippen LogP contribution < -0.4 is 5.73 Å². The largest absolute Gasteiger partial charge is 0.382 e. The molecule has 0 spiro atoms. The van der Waals surface area contributed by atoms with E-state index in [0.717, 1.165) is 19.6 Å². The molecule has 1 atom stereocenters. The minimum absolute atomic E-state index is 0.205. The van der Waals surface area contributed by atoms with Gasteiger partial charge in [-0.05, 0) is 18.8 Å². The minimum atomic E-state index is 0.205. The van der Waals surface area contributed by atoms with Crippen molar-refractivity contribution in [1.29, 1.82) is 0 Å². The SMILES string of the molecule is CCOCCC(N)C(C)(C)C. The molecule has 0 rings (SSSR count). The van der Waals surface area contributed by atoms with Gasteiger partial charge in [-0.3, -0.25) is 0 Å². The Morgan fingerprint density at radius 2 is 1.91 bits per heavy atom. The van der Waals surface area contributed by atoms with Crippen LogP contribution in [0.2, 0.25) is 0 Å². The molecule has 0 heterocycles. The molecule has 1 unspecified atom stereocenters. The molecule has 0 aromatic heterocycles. The highest BCUT2D eigenvalue weighted by molar-refractivity contribution is 4.76. The lowest BCUT2D eigenvalue weighted by Gasteiger charge is -2.26. The molecule has 2 N–H and O–H groups in total. The van der Waals surface area contributed by atoms with Gasteiger partial charge >= 0.3 is 0 Å². The molecule has 0 aromatic carbocycles. The second-order valence-electron chi connectivity index (χ2n) is 3.96. The Balaban J connectivity index is 3.44. The van der Waals surface area contributed by atoms with Gasteiger partial charge < -0.3 is 10.5 Å². The van der Waals surface area contributed by atoms with Gasteiger partial charge in [0.25, 0.3) is 0 Å². The van der Waals surface area contributed by atoms with E-state index < -0.39 is 0 Å². The van der Waals surface area contributed by atoms with Crippen LogP contribution in [0.4, 0.5) is 0 Å². The van der Waals surface area contributed by atoms with E-state index >= 15 is 0 Å². The fourth-order valence-corrected chi connectivity index (χ4v) is 0.788. The molecule has 0 amide bonds. The number of hydrogen-bond acceptors (Lipinski definition) is 2. The zero-order chi connectivity index (χ0) is 8.91. The molecule has 2 heteroatoms. The van der Waals surface area contributed by atoms with Gasteiger partial charge in [0, 0.05) is 19.3 Å². The summed E-state index contributed by atoms with van der Waals surface area (Å²) in [7, 11) is 0. The van der Waals surface area contributed by atoms with Crippen LogP contribution >= 0.6 is 0 Å². The fourth-order valence-electron chi connectivity index (χ4n) is 0.788. The number of ether oxygens (including phenoxy) is 1. The molecule has 0 aromatic rings. The maximum Gasteiger partial charge on any atom is 0.0480 e. The predicted octanol–water partition coefficient (Wildman–Crippen LogP) is 1.79. The minimum Gasteiger partial charge on any atom is -0.382 e. The first-order valence-electron chi connectivity index (χ1n) is 4.31. The Hall–Kier alpha value is -0.0800. The summed E-state index contributed by atoms with van der Waals surface area (Å²) in [5, 5.41) is 0. The Labute approximate surface area is 70.1 Å². The first kappa shape index (κ1) is 10.9. The van der Waals surface area contributed by atoms with Gasteiger partial charge in [0.15, 0.2) is 0 Å². The van der Waals surface area contributed by atoms with Crippen LogP contribution in [0, 0.1) is 5.41 Å². The van der Waals surface area contributed by atoms with Gasteiger partial charge in [0.2, 0.25) is 0 Å². The number of hydrogen-bond donors (Lipinski definition) is 1. The van der Waals surface area contributed by atoms with Crippen LogP contribution in [0.3, 0.4) is 0 Å². The summed E-state index contributed by atoms with van der Waals surface area (Å²) in [4.78, 5) is 0. The lowest BCUT2D eigenvalue weighted by Crippen LogP contribution is -2.35. The van der Waals surface area contributed by atoms with Gasteiger partial charge in [-0.15, -0.1) is 0 Å². The highest BCUT2D eigenvalue weighted by atomic mass is 16.5. The molecule has 0 aliphatic heterocycles. The van der Waals surface area contributed by atoms with Crippen molar-refractivity contribution in [3.8, 4) is 0 Å². The highest BCUT2D eigenvalue weighted by Crippen LogP contribution is 2.19. The molecule has 0 saturated heterocycles. The second-order valence-corrected chi connectivity index (χ2v) is 3.96. The standard InChI is InChI=1S/C9H21NO/c1-5-11-7-6-8(10)9(2,3)4/h8H,5-7,10H2,1-4H3. The summed E-state index contributed by atoms with van der Waals surface area (Å²) in [5.41, 5.74) is 6.12. The van der Waals surface area contributed by atoms with E-state index in [1.54, 1.807) is 0 Å². The highest BCUT2D eigenvalue weighted by Gasteiger charge is 2.19.